The second-order valence-electron chi connectivity index (χ2n) is 3.67. The molecule has 5 nitrogen and oxygen atoms in total. The first-order valence-corrected chi connectivity index (χ1v) is 6.50. The molecule has 0 saturated heterocycles. The van der Waals surface area contributed by atoms with Gasteiger partial charge in [-0.15, -0.1) is 11.3 Å². The van der Waals surface area contributed by atoms with Gasteiger partial charge in [-0.3, -0.25) is 9.78 Å². The molecule has 0 unspecified atom stereocenters. The van der Waals surface area contributed by atoms with Gasteiger partial charge in [-0.1, -0.05) is 13.5 Å². The molecule has 6 heteroatoms. The number of nitrogens with two attached hydrogens (primary N) is 1. The molecule has 2 heterocycles. The molecule has 0 fully saturated rings. The van der Waals surface area contributed by atoms with Crippen LogP contribution in [0.15, 0.2) is 29.8 Å². The van der Waals surface area contributed by atoms with Crippen LogP contribution in [0.1, 0.15) is 28.6 Å². The molecule has 0 spiro atoms. The van der Waals surface area contributed by atoms with E-state index in [1.54, 1.807) is 11.6 Å². The molecule has 0 bridgehead atoms. The van der Waals surface area contributed by atoms with Gasteiger partial charge in [-0.25, -0.2) is 4.98 Å². The minimum absolute atomic E-state index is 0. The molecule has 0 aliphatic heterocycles. The van der Waals surface area contributed by atoms with Crippen LogP contribution in [0.25, 0.3) is 0 Å². The molecule has 0 aromatic carbocycles. The molecule has 2 rings (SSSR count). The summed E-state index contributed by atoms with van der Waals surface area (Å²) in [5, 5.41) is 5.42. The van der Waals surface area contributed by atoms with Crippen LogP contribution in [0.5, 0.6) is 0 Å². The van der Waals surface area contributed by atoms with Crippen molar-refractivity contribution >= 4 is 17.2 Å². The maximum atomic E-state index is 11.8. The van der Waals surface area contributed by atoms with Crippen LogP contribution in [0.2, 0.25) is 0 Å². The van der Waals surface area contributed by atoms with E-state index in [4.69, 9.17) is 5.73 Å². The highest BCUT2D eigenvalue weighted by molar-refractivity contribution is 7.09. The summed E-state index contributed by atoms with van der Waals surface area (Å²) in [5.74, 6) is -0.180. The van der Waals surface area contributed by atoms with Crippen LogP contribution >= 0.6 is 11.3 Å². The van der Waals surface area contributed by atoms with Gasteiger partial charge in [0.25, 0.3) is 5.91 Å². The number of carbonyl (C=O) groups excluding carboxylic acids is 1. The number of pyridine rings is 1. The van der Waals surface area contributed by atoms with Gasteiger partial charge in [0.2, 0.25) is 0 Å². The van der Waals surface area contributed by atoms with Crippen LogP contribution in [0, 0.1) is 0 Å². The molecular weight excluding hydrogens is 260 g/mol. The highest BCUT2D eigenvalue weighted by Crippen LogP contribution is 2.09. The number of nitrogens with zero attached hydrogens (tertiary/aromatic N) is 2. The topological polar surface area (TPSA) is 80.9 Å². The number of thiazole rings is 1. The zero-order valence-electron chi connectivity index (χ0n) is 9.80. The summed E-state index contributed by atoms with van der Waals surface area (Å²) < 4.78 is 0. The Bertz CT molecular complexity index is 512. The van der Waals surface area contributed by atoms with Crippen molar-refractivity contribution in [2.24, 2.45) is 5.73 Å². The smallest absolute Gasteiger partial charge is 0.271 e. The van der Waals surface area contributed by atoms with Crippen molar-refractivity contribution in [1.82, 2.24) is 15.3 Å². The van der Waals surface area contributed by atoms with Gasteiger partial charge in [0.05, 0.1) is 17.2 Å². The van der Waals surface area contributed by atoms with E-state index in [1.165, 1.54) is 11.3 Å². The molecular formula is C13H18N4OS. The Hall–Kier alpha value is -1.79. The standard InChI is InChI=1S/C12H14N4OS.CH4/c13-5-4-11-16-10(8-18-11)12(17)15-7-9-3-1-2-6-14-9;/h1-3,6,8H,4-5,7,13H2,(H,15,17);1H4. The molecule has 19 heavy (non-hydrogen) atoms. The predicted octanol–water partition coefficient (Wildman–Crippen LogP) is 1.61. The molecule has 3 N–H and O–H groups in total. The van der Waals surface area contributed by atoms with Gasteiger partial charge in [-0.2, -0.15) is 0 Å². The Balaban J connectivity index is 0.00000180. The van der Waals surface area contributed by atoms with E-state index >= 15 is 0 Å². The molecule has 2 aromatic rings. The number of carbonyl (C=O) groups is 1. The number of nitrogens with one attached hydrogen (secondary N) is 1. The van der Waals surface area contributed by atoms with Crippen molar-refractivity contribution in [1.29, 1.82) is 0 Å². The Kier molecular flexibility index (Phi) is 6.11. The maximum Gasteiger partial charge on any atom is 0.271 e. The fourth-order valence-electron chi connectivity index (χ4n) is 1.42. The first kappa shape index (κ1) is 15.3. The number of aromatic nitrogens is 2. The van der Waals surface area contributed by atoms with E-state index in [1.807, 2.05) is 18.2 Å². The summed E-state index contributed by atoms with van der Waals surface area (Å²) >= 11 is 1.46. The molecule has 2 aromatic heterocycles. The van der Waals surface area contributed by atoms with Gasteiger partial charge in [-0.05, 0) is 18.7 Å². The van der Waals surface area contributed by atoms with Crippen molar-refractivity contribution in [2.45, 2.75) is 20.4 Å². The second-order valence-corrected chi connectivity index (χ2v) is 4.61. The van der Waals surface area contributed by atoms with Crippen molar-refractivity contribution < 1.29 is 4.79 Å². The van der Waals surface area contributed by atoms with E-state index < -0.39 is 0 Å². The minimum atomic E-state index is -0.180. The normalized spacial score (nSPS) is 9.74. The lowest BCUT2D eigenvalue weighted by molar-refractivity contribution is 0.0946. The molecule has 1 amide bonds. The largest absolute Gasteiger partial charge is 0.345 e. The van der Waals surface area contributed by atoms with E-state index in [0.717, 1.165) is 10.7 Å². The van der Waals surface area contributed by atoms with Gasteiger partial charge in [0.1, 0.15) is 5.69 Å². The number of rotatable bonds is 5. The lowest BCUT2D eigenvalue weighted by Gasteiger charge is -2.01. The Morgan fingerprint density at radius 2 is 2.26 bits per heavy atom. The Labute approximate surface area is 116 Å². The molecule has 0 saturated carbocycles. The van der Waals surface area contributed by atoms with Crippen molar-refractivity contribution in [3.8, 4) is 0 Å². The third kappa shape index (κ3) is 4.42. The van der Waals surface area contributed by atoms with Crippen molar-refractivity contribution in [3.63, 3.8) is 0 Å². The van der Waals surface area contributed by atoms with Crippen LogP contribution in [0.4, 0.5) is 0 Å². The average molecular weight is 278 g/mol. The van der Waals surface area contributed by atoms with Crippen LogP contribution in [0.3, 0.4) is 0 Å². The first-order valence-electron chi connectivity index (χ1n) is 5.62. The molecule has 0 atom stereocenters. The van der Waals surface area contributed by atoms with Gasteiger partial charge >= 0.3 is 0 Å². The van der Waals surface area contributed by atoms with Crippen LogP contribution in [-0.2, 0) is 13.0 Å². The third-order valence-electron chi connectivity index (χ3n) is 2.30. The third-order valence-corrected chi connectivity index (χ3v) is 3.21. The summed E-state index contributed by atoms with van der Waals surface area (Å²) in [6.07, 6.45) is 2.40. The maximum absolute atomic E-state index is 11.8. The van der Waals surface area contributed by atoms with Gasteiger partial charge < -0.3 is 11.1 Å². The molecule has 0 aliphatic carbocycles. The quantitative estimate of drug-likeness (QED) is 0.870. The number of amides is 1. The number of hydrogen-bond donors (Lipinski definition) is 2. The zero-order valence-corrected chi connectivity index (χ0v) is 10.6. The van der Waals surface area contributed by atoms with E-state index in [0.29, 0.717) is 25.2 Å². The number of hydrogen-bond acceptors (Lipinski definition) is 5. The fourth-order valence-corrected chi connectivity index (χ4v) is 2.21. The predicted molar refractivity (Wildman–Crippen MR) is 77.0 cm³/mol. The second kappa shape index (κ2) is 7.60. The van der Waals surface area contributed by atoms with E-state index in [-0.39, 0.29) is 13.3 Å². The fraction of sp³-hybridized carbons (Fsp3) is 0.308. The Morgan fingerprint density at radius 3 is 2.95 bits per heavy atom. The van der Waals surface area contributed by atoms with E-state index in [2.05, 4.69) is 15.3 Å². The first-order chi connectivity index (χ1) is 8.79. The van der Waals surface area contributed by atoms with E-state index in [9.17, 15) is 4.79 Å². The molecule has 102 valence electrons. The summed E-state index contributed by atoms with van der Waals surface area (Å²) in [6, 6.07) is 5.59. The van der Waals surface area contributed by atoms with Crippen molar-refractivity contribution in [2.75, 3.05) is 6.54 Å². The molecule has 0 radical (unpaired) electrons. The Morgan fingerprint density at radius 1 is 1.42 bits per heavy atom. The summed E-state index contributed by atoms with van der Waals surface area (Å²) in [7, 11) is 0. The summed E-state index contributed by atoms with van der Waals surface area (Å²) in [6.45, 7) is 0.950. The van der Waals surface area contributed by atoms with Gasteiger partial charge in [0.15, 0.2) is 0 Å². The van der Waals surface area contributed by atoms with Crippen LogP contribution < -0.4 is 11.1 Å². The minimum Gasteiger partial charge on any atom is -0.345 e. The van der Waals surface area contributed by atoms with Crippen LogP contribution in [-0.4, -0.2) is 22.4 Å². The zero-order chi connectivity index (χ0) is 12.8. The highest BCUT2D eigenvalue weighted by atomic mass is 32.1. The lowest BCUT2D eigenvalue weighted by Crippen LogP contribution is -2.23. The molecule has 0 aliphatic rings. The lowest BCUT2D eigenvalue weighted by atomic mass is 10.3. The average Bonchev–Trinajstić information content (AvgIpc) is 2.86. The SMILES string of the molecule is C.NCCc1nc(C(=O)NCc2ccccn2)cs1. The van der Waals surface area contributed by atoms with Crippen molar-refractivity contribution in [3.05, 3.63) is 46.2 Å². The summed E-state index contributed by atoms with van der Waals surface area (Å²) in [4.78, 5) is 20.2. The monoisotopic (exact) mass is 278 g/mol. The highest BCUT2D eigenvalue weighted by Gasteiger charge is 2.10. The summed E-state index contributed by atoms with van der Waals surface area (Å²) in [5.41, 5.74) is 6.70. The van der Waals surface area contributed by atoms with Gasteiger partial charge in [0, 0.05) is 18.0 Å².